The summed E-state index contributed by atoms with van der Waals surface area (Å²) in [7, 11) is 1.44. The molecular formula is C53H70N4O12. The fourth-order valence-electron chi connectivity index (χ4n) is 9.71. The van der Waals surface area contributed by atoms with Crippen molar-refractivity contribution in [3.63, 3.8) is 0 Å². The maximum atomic E-state index is 14.7. The predicted molar refractivity (Wildman–Crippen MR) is 263 cm³/mol. The van der Waals surface area contributed by atoms with Crippen LogP contribution in [0.3, 0.4) is 0 Å². The topological polar surface area (TPSA) is 220 Å². The van der Waals surface area contributed by atoms with Crippen LogP contribution < -0.4 is 10.1 Å². The lowest BCUT2D eigenvalue weighted by molar-refractivity contribution is -0.160. The molecule has 0 aliphatic carbocycles. The largest absolute Gasteiger partial charge is 0.507 e. The van der Waals surface area contributed by atoms with Gasteiger partial charge in [0.2, 0.25) is 0 Å². The van der Waals surface area contributed by atoms with E-state index in [4.69, 9.17) is 24.0 Å². The number of anilines is 1. The predicted octanol–water partition coefficient (Wildman–Crippen LogP) is 7.46. The maximum Gasteiger partial charge on any atom is 0.312 e. The van der Waals surface area contributed by atoms with Gasteiger partial charge < -0.3 is 49.8 Å². The number of aromatic hydroxyl groups is 3. The summed E-state index contributed by atoms with van der Waals surface area (Å²) < 4.78 is 23.9. The number of aliphatic hydroxyl groups excluding tert-OH is 2. The fraction of sp³-hybridized carbons (Fsp3) is 0.509. The van der Waals surface area contributed by atoms with Crippen LogP contribution in [0, 0.1) is 30.6 Å². The van der Waals surface area contributed by atoms with E-state index < -0.39 is 94.3 Å². The molecule has 6 N–H and O–H groups in total. The highest BCUT2D eigenvalue weighted by molar-refractivity contribution is 6.23. The number of amides is 1. The number of nitrogens with zero attached hydrogens (tertiary/aromatic N) is 3. The van der Waals surface area contributed by atoms with Gasteiger partial charge in [0.1, 0.15) is 23.4 Å². The minimum atomic E-state index is -2.08. The number of Topliss-reactive ketones (excluding diaryl/α,β-unsaturated/α-hetero) is 1. The number of nitrogens with one attached hydrogen (secondary N) is 1. The first-order valence-corrected chi connectivity index (χ1v) is 23.4. The van der Waals surface area contributed by atoms with Gasteiger partial charge in [0.25, 0.3) is 11.7 Å². The lowest BCUT2D eigenvalue weighted by Crippen LogP contribution is -2.65. The molecule has 3 aromatic rings. The number of ether oxygens (including phenoxy) is 4. The van der Waals surface area contributed by atoms with E-state index in [-0.39, 0.29) is 50.0 Å². The number of allylic oxidation sites excluding steroid dienone is 2. The van der Waals surface area contributed by atoms with Crippen LogP contribution in [-0.4, -0.2) is 121 Å². The van der Waals surface area contributed by atoms with Crippen molar-refractivity contribution in [3.05, 3.63) is 88.7 Å². The Balaban J connectivity index is 1.51. The normalized spacial score (nSPS) is 29.0. The number of methoxy groups -OCH3 is 1. The van der Waals surface area contributed by atoms with Crippen LogP contribution in [0.2, 0.25) is 0 Å². The number of esters is 1. The highest BCUT2D eigenvalue weighted by atomic mass is 16.7. The lowest BCUT2D eigenvalue weighted by Gasteiger charge is -2.54. The van der Waals surface area contributed by atoms with Crippen molar-refractivity contribution in [1.29, 1.82) is 0 Å². The molecule has 3 aromatic carbocycles. The molecule has 0 saturated carbocycles. The summed E-state index contributed by atoms with van der Waals surface area (Å²) in [5.41, 5.74) is -0.206. The Hall–Kier alpha value is -5.94. The molecule has 0 unspecified atom stereocenters. The zero-order valence-electron chi connectivity index (χ0n) is 42.0. The molecular weight excluding hydrogens is 885 g/mol. The van der Waals surface area contributed by atoms with E-state index in [9.17, 15) is 39.9 Å². The Bertz CT molecular complexity index is 2570. The highest BCUT2D eigenvalue weighted by Crippen LogP contribution is 2.55. The van der Waals surface area contributed by atoms with Gasteiger partial charge in [-0.05, 0) is 53.2 Å². The van der Waals surface area contributed by atoms with E-state index in [1.54, 1.807) is 39.8 Å². The third-order valence-electron chi connectivity index (χ3n) is 14.2. The molecule has 4 aliphatic rings. The van der Waals surface area contributed by atoms with Crippen LogP contribution in [0.1, 0.15) is 103 Å². The Morgan fingerprint density at radius 2 is 1.55 bits per heavy atom. The first-order valence-electron chi connectivity index (χ1n) is 23.4. The van der Waals surface area contributed by atoms with Crippen molar-refractivity contribution in [1.82, 2.24) is 9.91 Å². The number of ketones is 1. The van der Waals surface area contributed by atoms with E-state index in [0.29, 0.717) is 19.6 Å². The SMILES string of the molecule is CO[C@@H]1C=CO[C@@]2(C)Oc3c(C)c(O)c4c(O)c(c(C=NN5CC(C)(C)N(Cc6ccccc6)CC5(C)C)c(O)c4c3C2=O)NC(=O)C(C)=CC=C[C@H](C)[C@H](O)[C@H](C)[C@H](O)[C@H](C)[C@@H](OC(C)=O)[C@@H]1C. The number of hydrogen-bond donors (Lipinski definition) is 6. The molecule has 16 nitrogen and oxygen atoms in total. The Morgan fingerprint density at radius 1 is 0.884 bits per heavy atom. The maximum absolute atomic E-state index is 14.7. The van der Waals surface area contributed by atoms with Gasteiger partial charge in [-0.25, -0.2) is 0 Å². The third-order valence-corrected chi connectivity index (χ3v) is 14.2. The second-order valence-electron chi connectivity index (χ2n) is 20.4. The van der Waals surface area contributed by atoms with Crippen molar-refractivity contribution < 1.29 is 58.9 Å². The summed E-state index contributed by atoms with van der Waals surface area (Å²) in [5.74, 6) is -8.52. The van der Waals surface area contributed by atoms with Gasteiger partial charge in [-0.1, -0.05) is 76.3 Å². The minimum absolute atomic E-state index is 0.0466. The second kappa shape index (κ2) is 20.2. The number of rotatable bonds is 6. The summed E-state index contributed by atoms with van der Waals surface area (Å²) in [6.45, 7) is 22.7. The number of piperazine rings is 1. The van der Waals surface area contributed by atoms with Crippen molar-refractivity contribution in [3.8, 4) is 23.0 Å². The van der Waals surface area contributed by atoms with Gasteiger partial charge in [-0.15, -0.1) is 0 Å². The van der Waals surface area contributed by atoms with Crippen molar-refractivity contribution in [2.45, 2.75) is 131 Å². The first kappa shape index (κ1) is 52.4. The van der Waals surface area contributed by atoms with Gasteiger partial charge in [0.15, 0.2) is 5.75 Å². The molecule has 4 heterocycles. The van der Waals surface area contributed by atoms with Crippen molar-refractivity contribution in [2.24, 2.45) is 28.8 Å². The van der Waals surface area contributed by atoms with Crippen LogP contribution in [0.5, 0.6) is 23.0 Å². The third kappa shape index (κ3) is 10.4. The smallest absolute Gasteiger partial charge is 0.312 e. The summed E-state index contributed by atoms with van der Waals surface area (Å²) >= 11 is 0. The lowest BCUT2D eigenvalue weighted by atomic mass is 9.78. The highest BCUT2D eigenvalue weighted by Gasteiger charge is 2.50. The van der Waals surface area contributed by atoms with Crippen LogP contribution in [-0.2, 0) is 30.3 Å². The molecule has 4 aliphatic heterocycles. The van der Waals surface area contributed by atoms with E-state index in [2.05, 4.69) is 36.2 Å². The number of benzene rings is 3. The molecule has 0 radical (unpaired) electrons. The molecule has 1 fully saturated rings. The Morgan fingerprint density at radius 3 is 2.19 bits per heavy atom. The van der Waals surface area contributed by atoms with Gasteiger partial charge in [0.05, 0.1) is 65.1 Å². The van der Waals surface area contributed by atoms with Gasteiger partial charge in [-0.3, -0.25) is 24.3 Å². The number of fused-ring (bicyclic) bond motifs is 14. The summed E-state index contributed by atoms with van der Waals surface area (Å²) in [6, 6.07) is 10.2. The Kier molecular flexibility index (Phi) is 15.3. The number of aliphatic hydroxyl groups is 2. The number of phenolic OH excluding ortho intramolecular Hbond substituents is 3. The average Bonchev–Trinajstić information content (AvgIpc) is 3.56. The van der Waals surface area contributed by atoms with E-state index in [1.165, 1.54) is 59.4 Å². The number of carbonyl (C=O) groups excluding carboxylic acids is 3. The molecule has 0 aromatic heterocycles. The monoisotopic (exact) mass is 954 g/mol. The van der Waals surface area contributed by atoms with Crippen LogP contribution in [0.15, 0.2) is 71.6 Å². The van der Waals surface area contributed by atoms with Crippen LogP contribution in [0.4, 0.5) is 5.69 Å². The van der Waals surface area contributed by atoms with Crippen LogP contribution >= 0.6 is 0 Å². The molecule has 374 valence electrons. The summed E-state index contributed by atoms with van der Waals surface area (Å²) in [5, 5.41) is 68.5. The molecule has 9 atom stereocenters. The van der Waals surface area contributed by atoms with E-state index in [0.717, 1.165) is 5.56 Å². The fourth-order valence-corrected chi connectivity index (χ4v) is 9.71. The zero-order valence-corrected chi connectivity index (χ0v) is 42.0. The van der Waals surface area contributed by atoms with E-state index >= 15 is 0 Å². The minimum Gasteiger partial charge on any atom is -0.507 e. The Labute approximate surface area is 404 Å². The molecule has 16 heteroatoms. The van der Waals surface area contributed by atoms with Crippen molar-refractivity contribution >= 4 is 40.3 Å². The number of hydrazone groups is 1. The van der Waals surface area contributed by atoms with Crippen LogP contribution in [0.25, 0.3) is 10.8 Å². The van der Waals surface area contributed by atoms with Crippen molar-refractivity contribution in [2.75, 3.05) is 25.5 Å². The first-order chi connectivity index (χ1) is 32.3. The standard InChI is InChI=1S/C53H70N4O12/c1-28-18-17-19-29(2)50(65)55-41-36(24-54-57-27-51(8,9)56(26-52(57,10)11)25-35-20-15-14-16-21-35)45(62)38-39(46(41)63)44(61)33(6)48-40(38)49(64)53(12,69-48)67-23-22-37(66-13)30(3)47(68-34(7)58)32(5)43(60)31(4)42(28)59/h14-24,28,30-32,37,42-43,47,59-63H,25-27H2,1-13H3,(H,55,65)/t28-,30+,31-,32-,37+,42-,43-,47-,53-/m0/s1. The quantitative estimate of drug-likeness (QED) is 0.0612. The molecule has 1 saturated heterocycles. The van der Waals surface area contributed by atoms with Gasteiger partial charge >= 0.3 is 11.8 Å². The molecule has 69 heavy (non-hydrogen) atoms. The number of hydrogen-bond acceptors (Lipinski definition) is 15. The van der Waals surface area contributed by atoms with Gasteiger partial charge in [-0.2, -0.15) is 5.10 Å². The second-order valence-corrected chi connectivity index (χ2v) is 20.4. The zero-order chi connectivity index (χ0) is 51.1. The average molecular weight is 955 g/mol. The van der Waals surface area contributed by atoms with Gasteiger partial charge in [0, 0.05) is 79.8 Å². The molecule has 7 rings (SSSR count). The summed E-state index contributed by atoms with van der Waals surface area (Å²) in [4.78, 5) is 43.6. The number of carbonyl (C=O) groups is 3. The number of phenols is 3. The summed E-state index contributed by atoms with van der Waals surface area (Å²) in [6.07, 6.45) is 4.88. The van der Waals surface area contributed by atoms with E-state index in [1.807, 2.05) is 37.1 Å². The molecule has 1 amide bonds. The molecule has 0 spiro atoms. The molecule has 5 bridgehead atoms.